The van der Waals surface area contributed by atoms with Gasteiger partial charge in [0.1, 0.15) is 11.3 Å². The van der Waals surface area contributed by atoms with Gasteiger partial charge in [0.15, 0.2) is 0 Å². The molecular formula is C16H15NO3. The molecule has 4 heteroatoms. The summed E-state index contributed by atoms with van der Waals surface area (Å²) in [6, 6.07) is 14.1. The fourth-order valence-electron chi connectivity index (χ4n) is 1.96. The van der Waals surface area contributed by atoms with Gasteiger partial charge in [-0.1, -0.05) is 24.3 Å². The molecule has 102 valence electrons. The van der Waals surface area contributed by atoms with Crippen molar-refractivity contribution in [2.75, 3.05) is 11.4 Å². The van der Waals surface area contributed by atoms with Crippen LogP contribution in [-0.2, 0) is 0 Å². The van der Waals surface area contributed by atoms with Crippen molar-refractivity contribution in [3.63, 3.8) is 0 Å². The average molecular weight is 269 g/mol. The van der Waals surface area contributed by atoms with Gasteiger partial charge < -0.3 is 15.1 Å². The van der Waals surface area contributed by atoms with Crippen LogP contribution in [0.25, 0.3) is 0 Å². The van der Waals surface area contributed by atoms with Gasteiger partial charge in [-0.2, -0.15) is 0 Å². The lowest BCUT2D eigenvalue weighted by Gasteiger charge is -2.24. The van der Waals surface area contributed by atoms with Crippen molar-refractivity contribution < 1.29 is 15.0 Å². The topological polar surface area (TPSA) is 60.8 Å². The van der Waals surface area contributed by atoms with Crippen LogP contribution in [0.1, 0.15) is 10.4 Å². The first kappa shape index (κ1) is 13.7. The second-order valence-electron chi connectivity index (χ2n) is 4.24. The van der Waals surface area contributed by atoms with E-state index in [4.69, 9.17) is 5.11 Å². The van der Waals surface area contributed by atoms with Crippen molar-refractivity contribution in [1.29, 1.82) is 0 Å². The summed E-state index contributed by atoms with van der Waals surface area (Å²) in [5.41, 5.74) is 1.49. The number of nitrogens with zero attached hydrogens (tertiary/aromatic N) is 1. The monoisotopic (exact) mass is 269 g/mol. The third kappa shape index (κ3) is 2.80. The average Bonchev–Trinajstić information content (AvgIpc) is 2.46. The van der Waals surface area contributed by atoms with Crippen molar-refractivity contribution in [1.82, 2.24) is 0 Å². The minimum atomic E-state index is -1.16. The predicted molar refractivity (Wildman–Crippen MR) is 78.7 cm³/mol. The lowest BCUT2D eigenvalue weighted by molar-refractivity contribution is 0.0694. The number of aromatic carboxylic acids is 1. The fraction of sp³-hybridized carbons (Fsp3) is 0.0625. The first-order valence-electron chi connectivity index (χ1n) is 6.13. The number of anilines is 2. The SMILES string of the molecule is C=CCN(c1ccccc1)c1ccc(O)c(C(=O)O)c1. The number of benzene rings is 2. The second kappa shape index (κ2) is 5.93. The van der Waals surface area contributed by atoms with E-state index in [0.29, 0.717) is 12.2 Å². The number of hydrogen-bond donors (Lipinski definition) is 2. The van der Waals surface area contributed by atoms with Gasteiger partial charge in [0.2, 0.25) is 0 Å². The summed E-state index contributed by atoms with van der Waals surface area (Å²) in [4.78, 5) is 13.0. The molecule has 2 rings (SSSR count). The highest BCUT2D eigenvalue weighted by Crippen LogP contribution is 2.29. The Kier molecular flexibility index (Phi) is 4.05. The van der Waals surface area contributed by atoms with E-state index in [1.54, 1.807) is 12.1 Å². The van der Waals surface area contributed by atoms with Crippen LogP contribution in [0.3, 0.4) is 0 Å². The zero-order valence-corrected chi connectivity index (χ0v) is 10.9. The number of carbonyl (C=O) groups is 1. The molecule has 0 aliphatic heterocycles. The smallest absolute Gasteiger partial charge is 0.339 e. The van der Waals surface area contributed by atoms with Gasteiger partial charge in [0.25, 0.3) is 0 Å². The van der Waals surface area contributed by atoms with E-state index in [0.717, 1.165) is 5.69 Å². The zero-order valence-electron chi connectivity index (χ0n) is 10.9. The van der Waals surface area contributed by atoms with Crippen LogP contribution in [0, 0.1) is 0 Å². The van der Waals surface area contributed by atoms with Crippen LogP contribution >= 0.6 is 0 Å². The molecule has 0 saturated heterocycles. The Bertz CT molecular complexity index is 623. The van der Waals surface area contributed by atoms with E-state index < -0.39 is 5.97 Å². The molecule has 0 aliphatic rings. The molecule has 2 aromatic rings. The molecule has 0 heterocycles. The molecule has 20 heavy (non-hydrogen) atoms. The van der Waals surface area contributed by atoms with Gasteiger partial charge in [-0.3, -0.25) is 0 Å². The van der Waals surface area contributed by atoms with Gasteiger partial charge in [-0.15, -0.1) is 6.58 Å². The van der Waals surface area contributed by atoms with Crippen LogP contribution < -0.4 is 4.90 Å². The molecular weight excluding hydrogens is 254 g/mol. The first-order valence-corrected chi connectivity index (χ1v) is 6.13. The zero-order chi connectivity index (χ0) is 14.5. The summed E-state index contributed by atoms with van der Waals surface area (Å²) in [6.45, 7) is 4.25. The highest BCUT2D eigenvalue weighted by molar-refractivity contribution is 5.92. The number of hydrogen-bond acceptors (Lipinski definition) is 3. The van der Waals surface area contributed by atoms with Gasteiger partial charge in [0, 0.05) is 17.9 Å². The summed E-state index contributed by atoms with van der Waals surface area (Å²) >= 11 is 0. The summed E-state index contributed by atoms with van der Waals surface area (Å²) in [5, 5.41) is 18.6. The Morgan fingerprint density at radius 2 is 1.85 bits per heavy atom. The van der Waals surface area contributed by atoms with Crippen molar-refractivity contribution in [2.24, 2.45) is 0 Å². The number of para-hydroxylation sites is 1. The van der Waals surface area contributed by atoms with Crippen LogP contribution in [-0.4, -0.2) is 22.7 Å². The van der Waals surface area contributed by atoms with E-state index in [2.05, 4.69) is 6.58 Å². The Morgan fingerprint density at radius 3 is 2.45 bits per heavy atom. The molecule has 0 atom stereocenters. The Balaban J connectivity index is 2.47. The number of carboxylic acid groups (broad SMARTS) is 1. The Morgan fingerprint density at radius 1 is 1.15 bits per heavy atom. The summed E-state index contributed by atoms with van der Waals surface area (Å²) in [6.07, 6.45) is 1.74. The highest BCUT2D eigenvalue weighted by atomic mass is 16.4. The second-order valence-corrected chi connectivity index (χ2v) is 4.24. The Hall–Kier alpha value is -2.75. The third-order valence-electron chi connectivity index (χ3n) is 2.90. The molecule has 0 fully saturated rings. The van der Waals surface area contributed by atoms with Gasteiger partial charge in [-0.05, 0) is 30.3 Å². The number of carboxylic acids is 1. The maximum absolute atomic E-state index is 11.1. The lowest BCUT2D eigenvalue weighted by atomic mass is 10.1. The summed E-state index contributed by atoms with van der Waals surface area (Å²) in [7, 11) is 0. The molecule has 0 aliphatic carbocycles. The maximum atomic E-state index is 11.1. The number of aromatic hydroxyl groups is 1. The molecule has 4 nitrogen and oxygen atoms in total. The van der Waals surface area contributed by atoms with E-state index in [1.807, 2.05) is 35.2 Å². The van der Waals surface area contributed by atoms with E-state index in [-0.39, 0.29) is 11.3 Å². The van der Waals surface area contributed by atoms with Gasteiger partial charge >= 0.3 is 5.97 Å². The normalized spacial score (nSPS) is 10.0. The van der Waals surface area contributed by atoms with Crippen molar-refractivity contribution >= 4 is 17.3 Å². The van der Waals surface area contributed by atoms with Crippen LogP contribution in [0.2, 0.25) is 0 Å². The number of rotatable bonds is 5. The van der Waals surface area contributed by atoms with Gasteiger partial charge in [-0.25, -0.2) is 4.79 Å². The highest BCUT2D eigenvalue weighted by Gasteiger charge is 2.14. The van der Waals surface area contributed by atoms with Crippen LogP contribution in [0.15, 0.2) is 61.2 Å². The standard InChI is InChI=1S/C16H15NO3/c1-2-10-17(12-6-4-3-5-7-12)13-8-9-15(18)14(11-13)16(19)20/h2-9,11,18H,1,10H2,(H,19,20). The van der Waals surface area contributed by atoms with Crippen molar-refractivity contribution in [2.45, 2.75) is 0 Å². The largest absolute Gasteiger partial charge is 0.507 e. The molecule has 0 bridgehead atoms. The minimum absolute atomic E-state index is 0.118. The maximum Gasteiger partial charge on any atom is 0.339 e. The molecule has 0 spiro atoms. The first-order chi connectivity index (χ1) is 9.63. The third-order valence-corrected chi connectivity index (χ3v) is 2.90. The summed E-state index contributed by atoms with van der Waals surface area (Å²) < 4.78 is 0. The molecule has 0 radical (unpaired) electrons. The predicted octanol–water partition coefficient (Wildman–Crippen LogP) is 3.41. The fourth-order valence-corrected chi connectivity index (χ4v) is 1.96. The molecule has 2 N–H and O–H groups in total. The molecule has 0 amide bonds. The minimum Gasteiger partial charge on any atom is -0.507 e. The molecule has 2 aromatic carbocycles. The quantitative estimate of drug-likeness (QED) is 0.816. The lowest BCUT2D eigenvalue weighted by Crippen LogP contribution is -2.17. The number of phenols is 1. The van der Waals surface area contributed by atoms with E-state index >= 15 is 0 Å². The Labute approximate surface area is 117 Å². The van der Waals surface area contributed by atoms with Crippen molar-refractivity contribution in [3.05, 3.63) is 66.7 Å². The van der Waals surface area contributed by atoms with Crippen molar-refractivity contribution in [3.8, 4) is 5.75 Å². The molecule has 0 unspecified atom stereocenters. The molecule has 0 saturated carbocycles. The van der Waals surface area contributed by atoms with Crippen LogP contribution in [0.4, 0.5) is 11.4 Å². The molecule has 0 aromatic heterocycles. The van der Waals surface area contributed by atoms with E-state index in [1.165, 1.54) is 12.1 Å². The van der Waals surface area contributed by atoms with E-state index in [9.17, 15) is 9.90 Å². The van der Waals surface area contributed by atoms with Crippen LogP contribution in [0.5, 0.6) is 5.75 Å². The summed E-state index contributed by atoms with van der Waals surface area (Å²) in [5.74, 6) is -1.40. The van der Waals surface area contributed by atoms with Gasteiger partial charge in [0.05, 0.1) is 0 Å².